The molecule has 1 saturated heterocycles. The number of anilines is 2. The van der Waals surface area contributed by atoms with Crippen LogP contribution in [-0.2, 0) is 4.79 Å². The molecule has 0 aliphatic carbocycles. The Morgan fingerprint density at radius 1 is 1.00 bits per heavy atom. The summed E-state index contributed by atoms with van der Waals surface area (Å²) in [7, 11) is 4.35. The van der Waals surface area contributed by atoms with Gasteiger partial charge in [-0.15, -0.1) is 10.1 Å². The fourth-order valence-electron chi connectivity index (χ4n) is 4.41. The second kappa shape index (κ2) is 12.3. The molecule has 230 valence electrons. The molecule has 0 unspecified atom stereocenters. The number of nitrogens with zero attached hydrogens (tertiary/aromatic N) is 8. The highest BCUT2D eigenvalue weighted by atomic mass is 19.1. The standard InChI is InChI=1S/C29H26FN9O6/c1-5-25(40)38-13-17(14-38)44-23-11-18-21(12-22(23)41-2)31-15-32-26(18)33-20-7-6-16(10-19(20)30)45-24-8-9-39(37-24)27-34-28(42-3)36-29(35-27)43-4/h5-12,15,17H,1,13-14H2,2-4H3,(H,31,32,33). The van der Waals surface area contributed by atoms with Gasteiger partial charge in [0.15, 0.2) is 11.5 Å². The van der Waals surface area contributed by atoms with E-state index >= 15 is 4.39 Å². The molecule has 16 heteroatoms. The van der Waals surface area contributed by atoms with Crippen molar-refractivity contribution in [3.8, 4) is 41.1 Å². The normalized spacial score (nSPS) is 12.8. The van der Waals surface area contributed by atoms with Crippen LogP contribution in [0.1, 0.15) is 0 Å². The average molecular weight is 616 g/mol. The fourth-order valence-corrected chi connectivity index (χ4v) is 4.41. The molecule has 1 amide bonds. The molecule has 6 rings (SSSR count). The quantitative estimate of drug-likeness (QED) is 0.215. The van der Waals surface area contributed by atoms with Crippen molar-refractivity contribution in [2.75, 3.05) is 39.7 Å². The third-order valence-electron chi connectivity index (χ3n) is 6.68. The SMILES string of the molecule is C=CC(=O)N1CC(Oc2cc3c(Nc4ccc(Oc5ccn(-c6nc(OC)nc(OC)n6)n5)cc4F)ncnc3cc2OC)C1. The van der Waals surface area contributed by atoms with Crippen LogP contribution in [0.3, 0.4) is 0 Å². The van der Waals surface area contributed by atoms with Gasteiger partial charge in [-0.2, -0.15) is 9.97 Å². The molecule has 0 saturated carbocycles. The highest BCUT2D eigenvalue weighted by Gasteiger charge is 2.32. The van der Waals surface area contributed by atoms with Crippen molar-refractivity contribution in [2.24, 2.45) is 0 Å². The van der Waals surface area contributed by atoms with Crippen molar-refractivity contribution in [3.63, 3.8) is 0 Å². The van der Waals surface area contributed by atoms with Crippen molar-refractivity contribution in [1.29, 1.82) is 0 Å². The summed E-state index contributed by atoms with van der Waals surface area (Å²) < 4.78 is 44.1. The van der Waals surface area contributed by atoms with E-state index in [2.05, 4.69) is 41.9 Å². The predicted octanol–water partition coefficient (Wildman–Crippen LogP) is 3.48. The fraction of sp³-hybridized carbons (Fsp3) is 0.207. The Morgan fingerprint density at radius 2 is 1.78 bits per heavy atom. The van der Waals surface area contributed by atoms with Gasteiger partial charge in [0, 0.05) is 29.8 Å². The summed E-state index contributed by atoms with van der Waals surface area (Å²) in [4.78, 5) is 34.3. The van der Waals surface area contributed by atoms with E-state index in [9.17, 15) is 4.79 Å². The summed E-state index contributed by atoms with van der Waals surface area (Å²) in [6.07, 6.45) is 3.96. The number of aromatic nitrogens is 7. The molecular formula is C29H26FN9O6. The van der Waals surface area contributed by atoms with Gasteiger partial charge in [0.05, 0.1) is 45.6 Å². The van der Waals surface area contributed by atoms with E-state index in [1.807, 2.05) is 0 Å². The van der Waals surface area contributed by atoms with Crippen LogP contribution >= 0.6 is 0 Å². The molecule has 1 aliphatic rings. The third kappa shape index (κ3) is 6.06. The Morgan fingerprint density at radius 3 is 2.47 bits per heavy atom. The monoisotopic (exact) mass is 615 g/mol. The van der Waals surface area contributed by atoms with Gasteiger partial charge < -0.3 is 33.9 Å². The number of ether oxygens (including phenoxy) is 5. The number of carbonyl (C=O) groups is 1. The summed E-state index contributed by atoms with van der Waals surface area (Å²) in [5.74, 6) is 0.999. The van der Waals surface area contributed by atoms with Crippen LogP contribution in [0.4, 0.5) is 15.9 Å². The van der Waals surface area contributed by atoms with E-state index in [0.717, 1.165) is 0 Å². The lowest BCUT2D eigenvalue weighted by molar-refractivity contribution is -0.134. The van der Waals surface area contributed by atoms with Crippen LogP contribution in [0.25, 0.3) is 16.9 Å². The highest BCUT2D eigenvalue weighted by Crippen LogP contribution is 2.37. The molecule has 3 aromatic heterocycles. The smallest absolute Gasteiger partial charge is 0.324 e. The molecule has 2 aromatic carbocycles. The molecule has 5 aromatic rings. The molecule has 15 nitrogen and oxygen atoms in total. The van der Waals surface area contributed by atoms with E-state index in [1.54, 1.807) is 35.4 Å². The first kappa shape index (κ1) is 29.0. The van der Waals surface area contributed by atoms with Crippen LogP contribution < -0.4 is 29.0 Å². The van der Waals surface area contributed by atoms with Gasteiger partial charge in [0.1, 0.15) is 29.8 Å². The summed E-state index contributed by atoms with van der Waals surface area (Å²) in [6, 6.07) is 9.38. The summed E-state index contributed by atoms with van der Waals surface area (Å²) in [5, 5.41) is 7.87. The number of likely N-dealkylation sites (tertiary alicyclic amines) is 1. The number of hydrogen-bond donors (Lipinski definition) is 1. The van der Waals surface area contributed by atoms with E-state index < -0.39 is 5.82 Å². The maximum atomic E-state index is 15.3. The minimum Gasteiger partial charge on any atom is -0.493 e. The Kier molecular flexibility index (Phi) is 7.92. The van der Waals surface area contributed by atoms with E-state index in [-0.39, 0.29) is 47.3 Å². The first-order valence-electron chi connectivity index (χ1n) is 13.4. The topological polar surface area (TPSA) is 161 Å². The van der Waals surface area contributed by atoms with Crippen LogP contribution in [-0.4, -0.2) is 86.0 Å². The predicted molar refractivity (Wildman–Crippen MR) is 157 cm³/mol. The minimum atomic E-state index is -0.600. The zero-order valence-corrected chi connectivity index (χ0v) is 24.3. The number of carbonyl (C=O) groups excluding carboxylic acids is 1. The number of benzene rings is 2. The van der Waals surface area contributed by atoms with E-state index in [1.165, 1.54) is 50.5 Å². The third-order valence-corrected chi connectivity index (χ3v) is 6.68. The first-order valence-corrected chi connectivity index (χ1v) is 13.4. The molecule has 0 spiro atoms. The van der Waals surface area contributed by atoms with Gasteiger partial charge in [0.2, 0.25) is 11.8 Å². The molecule has 0 bridgehead atoms. The number of nitrogens with one attached hydrogen (secondary N) is 1. The van der Waals surface area contributed by atoms with Crippen LogP contribution in [0.5, 0.6) is 35.1 Å². The second-order valence-corrected chi connectivity index (χ2v) is 9.51. The Labute approximate surface area is 255 Å². The van der Waals surface area contributed by atoms with Crippen molar-refractivity contribution in [1.82, 2.24) is 39.6 Å². The lowest BCUT2D eigenvalue weighted by Crippen LogP contribution is -2.55. The molecule has 1 N–H and O–H groups in total. The van der Waals surface area contributed by atoms with Crippen molar-refractivity contribution in [2.45, 2.75) is 6.10 Å². The van der Waals surface area contributed by atoms with Crippen LogP contribution in [0.2, 0.25) is 0 Å². The molecule has 1 fully saturated rings. The van der Waals surface area contributed by atoms with Gasteiger partial charge in [-0.05, 0) is 24.3 Å². The largest absolute Gasteiger partial charge is 0.493 e. The van der Waals surface area contributed by atoms with Gasteiger partial charge in [-0.1, -0.05) is 6.58 Å². The summed E-state index contributed by atoms with van der Waals surface area (Å²) in [5.41, 5.74) is 0.700. The molecular weight excluding hydrogens is 589 g/mol. The molecule has 45 heavy (non-hydrogen) atoms. The maximum Gasteiger partial charge on any atom is 0.324 e. The summed E-state index contributed by atoms with van der Waals surface area (Å²) in [6.45, 7) is 4.35. The van der Waals surface area contributed by atoms with Crippen molar-refractivity contribution < 1.29 is 32.9 Å². The van der Waals surface area contributed by atoms with Crippen LogP contribution in [0.15, 0.2) is 61.6 Å². The molecule has 1 aliphatic heterocycles. The van der Waals surface area contributed by atoms with Gasteiger partial charge in [-0.3, -0.25) is 4.79 Å². The Balaban J connectivity index is 1.19. The molecule has 0 atom stereocenters. The summed E-state index contributed by atoms with van der Waals surface area (Å²) >= 11 is 0. The lowest BCUT2D eigenvalue weighted by Gasteiger charge is -2.38. The number of hydrogen-bond acceptors (Lipinski definition) is 13. The van der Waals surface area contributed by atoms with Gasteiger partial charge in [0.25, 0.3) is 5.95 Å². The second-order valence-electron chi connectivity index (χ2n) is 9.51. The number of fused-ring (bicyclic) bond motifs is 1. The molecule has 4 heterocycles. The number of rotatable bonds is 11. The van der Waals surface area contributed by atoms with E-state index in [4.69, 9.17) is 23.7 Å². The highest BCUT2D eigenvalue weighted by molar-refractivity contribution is 5.93. The first-order chi connectivity index (χ1) is 21.9. The Bertz CT molecular complexity index is 1870. The van der Waals surface area contributed by atoms with Crippen LogP contribution in [0, 0.1) is 5.82 Å². The minimum absolute atomic E-state index is 0.0472. The molecule has 0 radical (unpaired) electrons. The zero-order valence-electron chi connectivity index (χ0n) is 24.3. The lowest BCUT2D eigenvalue weighted by atomic mass is 10.1. The number of amides is 1. The average Bonchev–Trinajstić information content (AvgIpc) is 3.51. The number of methoxy groups -OCH3 is 3. The van der Waals surface area contributed by atoms with E-state index in [0.29, 0.717) is 41.3 Å². The van der Waals surface area contributed by atoms with Gasteiger partial charge >= 0.3 is 12.0 Å². The van der Waals surface area contributed by atoms with Crippen molar-refractivity contribution >= 4 is 28.3 Å². The van der Waals surface area contributed by atoms with Crippen molar-refractivity contribution in [3.05, 3.63) is 67.4 Å². The zero-order chi connectivity index (χ0) is 31.5. The maximum absolute atomic E-state index is 15.3. The van der Waals surface area contributed by atoms with Gasteiger partial charge in [-0.25, -0.2) is 19.0 Å². The number of halogens is 1. The Hall–Kier alpha value is -6.06.